The molecule has 2 saturated carbocycles. The molecule has 1 N–H and O–H groups in total. The van der Waals surface area contributed by atoms with Crippen molar-refractivity contribution in [2.75, 3.05) is 23.9 Å². The highest BCUT2D eigenvalue weighted by Crippen LogP contribution is 2.68. The zero-order valence-electron chi connectivity index (χ0n) is 19.7. The summed E-state index contributed by atoms with van der Waals surface area (Å²) in [6.07, 6.45) is 0.884. The molecule has 3 heterocycles. The Bertz CT molecular complexity index is 1450. The van der Waals surface area contributed by atoms with Crippen molar-refractivity contribution in [3.05, 3.63) is 73.7 Å². The third kappa shape index (κ3) is 3.07. The fourth-order valence-electron chi connectivity index (χ4n) is 7.21. The van der Waals surface area contributed by atoms with Crippen LogP contribution in [0, 0.1) is 29.6 Å². The lowest BCUT2D eigenvalue weighted by atomic mass is 9.68. The van der Waals surface area contributed by atoms with Crippen molar-refractivity contribution in [2.24, 2.45) is 29.6 Å². The molecule has 7 atom stereocenters. The molecule has 2 bridgehead atoms. The molecule has 4 aliphatic rings. The zero-order valence-corrected chi connectivity index (χ0v) is 22.1. The van der Waals surface area contributed by atoms with Gasteiger partial charge in [0.2, 0.25) is 11.8 Å². The third-order valence-corrected chi connectivity index (χ3v) is 11.4. The molecule has 0 spiro atoms. The number of benzene rings is 2. The number of thioether (sulfide) groups is 1. The zero-order chi connectivity index (χ0) is 24.9. The van der Waals surface area contributed by atoms with Crippen molar-refractivity contribution >= 4 is 57.9 Å². The average molecular weight is 538 g/mol. The fraction of sp³-hybridized carbons (Fsp3) is 0.370. The summed E-state index contributed by atoms with van der Waals surface area (Å²) in [7, 11) is 4.03. The summed E-state index contributed by atoms with van der Waals surface area (Å²) in [5.41, 5.74) is 2.88. The molecule has 0 unspecified atom stereocenters. The Morgan fingerprint density at radius 2 is 1.61 bits per heavy atom. The molecule has 2 aromatic carbocycles. The summed E-state index contributed by atoms with van der Waals surface area (Å²) in [6, 6.07) is 15.5. The van der Waals surface area contributed by atoms with Gasteiger partial charge in [-0.25, -0.2) is 0 Å². The number of carbonyl (C=O) groups excluding carboxylic acids is 2. The first kappa shape index (κ1) is 22.6. The van der Waals surface area contributed by atoms with Crippen LogP contribution in [0.15, 0.2) is 58.4 Å². The van der Waals surface area contributed by atoms with E-state index in [4.69, 9.17) is 11.6 Å². The van der Waals surface area contributed by atoms with E-state index in [9.17, 15) is 14.4 Å². The third-order valence-electron chi connectivity index (χ3n) is 8.58. The maximum atomic E-state index is 13.8. The molecule has 6 nitrogen and oxygen atoms in total. The molecule has 9 heteroatoms. The van der Waals surface area contributed by atoms with E-state index in [-0.39, 0.29) is 57.4 Å². The van der Waals surface area contributed by atoms with Gasteiger partial charge in [0.25, 0.3) is 0 Å². The summed E-state index contributed by atoms with van der Waals surface area (Å²) < 4.78 is 0. The van der Waals surface area contributed by atoms with Gasteiger partial charge in [0.15, 0.2) is 0 Å². The fourth-order valence-corrected chi connectivity index (χ4v) is 10.2. The van der Waals surface area contributed by atoms with Crippen molar-refractivity contribution in [3.8, 4) is 0 Å². The van der Waals surface area contributed by atoms with E-state index >= 15 is 0 Å². The number of halogens is 1. The quantitative estimate of drug-likeness (QED) is 0.484. The smallest absolute Gasteiger partial charge is 0.305 e. The Labute approximate surface area is 221 Å². The minimum atomic E-state index is -0.305. The second kappa shape index (κ2) is 7.97. The van der Waals surface area contributed by atoms with Gasteiger partial charge in [0.1, 0.15) is 0 Å². The van der Waals surface area contributed by atoms with Crippen molar-refractivity contribution in [2.45, 2.75) is 22.6 Å². The van der Waals surface area contributed by atoms with Crippen LogP contribution in [-0.4, -0.2) is 36.1 Å². The number of nitrogens with one attached hydrogen (secondary N) is 1. The van der Waals surface area contributed by atoms with Crippen LogP contribution >= 0.6 is 34.7 Å². The Morgan fingerprint density at radius 3 is 2.28 bits per heavy atom. The lowest BCUT2D eigenvalue weighted by molar-refractivity contribution is -0.123. The highest BCUT2D eigenvalue weighted by atomic mass is 35.5. The number of amides is 2. The number of thiazole rings is 1. The second-order valence-electron chi connectivity index (χ2n) is 10.4. The van der Waals surface area contributed by atoms with E-state index in [0.29, 0.717) is 10.7 Å². The van der Waals surface area contributed by atoms with E-state index in [1.54, 1.807) is 36.0 Å². The van der Waals surface area contributed by atoms with Crippen molar-refractivity contribution in [1.29, 1.82) is 0 Å². The minimum Gasteiger partial charge on any atom is -0.378 e. The second-order valence-corrected chi connectivity index (χ2v) is 13.1. The number of imide groups is 1. The summed E-state index contributed by atoms with van der Waals surface area (Å²) in [5.74, 6) is -0.314. The highest BCUT2D eigenvalue weighted by Gasteiger charge is 2.69. The number of H-pyrrole nitrogens is 1. The average Bonchev–Trinajstić information content (AvgIpc) is 3.59. The number of anilines is 2. The van der Waals surface area contributed by atoms with E-state index in [0.717, 1.165) is 22.0 Å². The van der Waals surface area contributed by atoms with Crippen LogP contribution < -0.4 is 14.7 Å². The monoisotopic (exact) mass is 537 g/mol. The summed E-state index contributed by atoms with van der Waals surface area (Å²) in [6.45, 7) is 0. The van der Waals surface area contributed by atoms with Crippen LogP contribution in [0.2, 0.25) is 5.02 Å². The van der Waals surface area contributed by atoms with Crippen LogP contribution in [0.5, 0.6) is 0 Å². The predicted molar refractivity (Wildman–Crippen MR) is 143 cm³/mol. The van der Waals surface area contributed by atoms with E-state index in [2.05, 4.69) is 34.1 Å². The Kier molecular flexibility index (Phi) is 5.01. The molecule has 0 radical (unpaired) electrons. The van der Waals surface area contributed by atoms with Crippen LogP contribution in [-0.2, 0) is 9.59 Å². The molecule has 1 saturated heterocycles. The van der Waals surface area contributed by atoms with Crippen LogP contribution in [0.25, 0.3) is 0 Å². The largest absolute Gasteiger partial charge is 0.378 e. The van der Waals surface area contributed by atoms with Gasteiger partial charge in [0.05, 0.1) is 22.5 Å². The van der Waals surface area contributed by atoms with Gasteiger partial charge in [-0.15, -0.1) is 11.8 Å². The maximum absolute atomic E-state index is 13.8. The number of aromatic nitrogens is 1. The van der Waals surface area contributed by atoms with Gasteiger partial charge in [-0.2, -0.15) is 0 Å². The normalized spacial score (nSPS) is 32.0. The lowest BCUT2D eigenvalue weighted by Gasteiger charge is -2.43. The SMILES string of the molecule is CN(C)c1ccc([C@@H]2c3sc(=O)[nH]c3S[C@@H]3[C@H]4C[C@@H]([C@@H]5C(=O)N(c6ccc(Cl)cc6)C(=O)[C@@H]45)[C@@H]23)cc1. The van der Waals surface area contributed by atoms with Crippen LogP contribution in [0.4, 0.5) is 11.4 Å². The van der Waals surface area contributed by atoms with Crippen LogP contribution in [0.1, 0.15) is 22.8 Å². The number of nitrogens with zero attached hydrogens (tertiary/aromatic N) is 2. The highest BCUT2D eigenvalue weighted by molar-refractivity contribution is 8.00. The van der Waals surface area contributed by atoms with E-state index in [1.165, 1.54) is 21.8 Å². The molecule has 2 amide bonds. The number of fused-ring (bicyclic) bond motifs is 9. The lowest BCUT2D eigenvalue weighted by Crippen LogP contribution is -2.42. The minimum absolute atomic E-state index is 0.0369. The van der Waals surface area contributed by atoms with E-state index < -0.39 is 0 Å². The summed E-state index contributed by atoms with van der Waals surface area (Å²) in [5, 5.41) is 1.70. The first-order valence-corrected chi connectivity index (χ1v) is 14.2. The van der Waals surface area contributed by atoms with Gasteiger partial charge in [0, 0.05) is 40.9 Å². The van der Waals surface area contributed by atoms with Crippen molar-refractivity contribution < 1.29 is 9.59 Å². The molecule has 3 aromatic rings. The molecule has 36 heavy (non-hydrogen) atoms. The topological polar surface area (TPSA) is 73.5 Å². The van der Waals surface area contributed by atoms with Crippen LogP contribution in [0.3, 0.4) is 0 Å². The van der Waals surface area contributed by atoms with Gasteiger partial charge in [-0.05, 0) is 66.1 Å². The Hall–Kier alpha value is -2.55. The number of hydrogen-bond donors (Lipinski definition) is 1. The predicted octanol–water partition coefficient (Wildman–Crippen LogP) is 4.83. The molecule has 2 aliphatic carbocycles. The molecular formula is C27H24ClN3O3S2. The Morgan fingerprint density at radius 1 is 0.944 bits per heavy atom. The maximum Gasteiger partial charge on any atom is 0.305 e. The number of carbonyl (C=O) groups is 2. The van der Waals surface area contributed by atoms with Crippen molar-refractivity contribution in [1.82, 2.24) is 4.98 Å². The Balaban J connectivity index is 1.31. The van der Waals surface area contributed by atoms with Crippen molar-refractivity contribution in [3.63, 3.8) is 0 Å². The summed E-state index contributed by atoms with van der Waals surface area (Å²) in [4.78, 5) is 47.4. The molecule has 3 fully saturated rings. The number of rotatable bonds is 3. The molecule has 2 aliphatic heterocycles. The molecule has 1 aromatic heterocycles. The molecule has 184 valence electrons. The van der Waals surface area contributed by atoms with Gasteiger partial charge < -0.3 is 9.88 Å². The van der Waals surface area contributed by atoms with Gasteiger partial charge in [-0.3, -0.25) is 19.3 Å². The van der Waals surface area contributed by atoms with Gasteiger partial charge >= 0.3 is 4.87 Å². The van der Waals surface area contributed by atoms with Gasteiger partial charge in [-0.1, -0.05) is 35.1 Å². The number of hydrogen-bond acceptors (Lipinski definition) is 6. The van der Waals surface area contributed by atoms with E-state index in [1.807, 2.05) is 14.1 Å². The summed E-state index contributed by atoms with van der Waals surface area (Å²) >= 11 is 9.06. The first-order valence-electron chi connectivity index (χ1n) is 12.1. The standard InChI is InChI=1S/C27H24ClN3O3S2/c1-30(2)14-7-3-12(4-8-14)18-19-16-11-17(22(19)35-24-23(18)36-27(34)29-24)21-20(16)25(32)31(26(21)33)15-9-5-13(28)6-10-15/h3-10,16-22H,11H2,1-2H3,(H,29,34)/t16-,17+,18+,19+,20+,21+,22-/m1/s1. The molecule has 7 rings (SSSR count). The molecular weight excluding hydrogens is 514 g/mol. The number of aromatic amines is 1. The first-order chi connectivity index (χ1) is 17.3.